The summed E-state index contributed by atoms with van der Waals surface area (Å²) in [5.41, 5.74) is 0.936. The maximum atomic E-state index is 13.0. The zero-order valence-electron chi connectivity index (χ0n) is 9.62. The van der Waals surface area contributed by atoms with E-state index in [4.69, 9.17) is 11.6 Å². The third-order valence-electron chi connectivity index (χ3n) is 2.51. The van der Waals surface area contributed by atoms with Gasteiger partial charge in [-0.3, -0.25) is 0 Å². The summed E-state index contributed by atoms with van der Waals surface area (Å²) in [5.74, 6) is -0.0180. The molecule has 0 bridgehead atoms. The van der Waals surface area contributed by atoms with Gasteiger partial charge in [-0.05, 0) is 36.8 Å². The van der Waals surface area contributed by atoms with Gasteiger partial charge >= 0.3 is 0 Å². The predicted octanol–water partition coefficient (Wildman–Crippen LogP) is 4.81. The third kappa shape index (κ3) is 3.21. The summed E-state index contributed by atoms with van der Waals surface area (Å²) in [6.45, 7) is 1.95. The largest absolute Gasteiger partial charge is 0.363 e. The summed E-state index contributed by atoms with van der Waals surface area (Å²) >= 11 is 9.51. The Kier molecular flexibility index (Phi) is 4.19. The number of rotatable bonds is 3. The van der Waals surface area contributed by atoms with Crippen LogP contribution in [0.5, 0.6) is 0 Å². The molecule has 0 saturated carbocycles. The molecular formula is C13H11BrClFN2. The minimum absolute atomic E-state index is 0.0556. The molecule has 5 heteroatoms. The number of halogens is 3. The van der Waals surface area contributed by atoms with Crippen LogP contribution in [0.15, 0.2) is 40.9 Å². The van der Waals surface area contributed by atoms with E-state index >= 15 is 0 Å². The molecule has 1 aromatic heterocycles. The van der Waals surface area contributed by atoms with Crippen molar-refractivity contribution >= 4 is 33.3 Å². The highest BCUT2D eigenvalue weighted by atomic mass is 79.9. The van der Waals surface area contributed by atoms with Gasteiger partial charge in [0.2, 0.25) is 5.95 Å². The highest BCUT2D eigenvalue weighted by molar-refractivity contribution is 9.10. The van der Waals surface area contributed by atoms with E-state index in [1.54, 1.807) is 12.1 Å². The molecule has 1 unspecified atom stereocenters. The fourth-order valence-electron chi connectivity index (χ4n) is 1.64. The van der Waals surface area contributed by atoms with Crippen molar-refractivity contribution in [3.05, 3.63) is 57.4 Å². The molecule has 94 valence electrons. The van der Waals surface area contributed by atoms with E-state index in [0.29, 0.717) is 10.8 Å². The molecule has 2 aromatic rings. The molecule has 0 spiro atoms. The second-order valence-electron chi connectivity index (χ2n) is 3.88. The summed E-state index contributed by atoms with van der Waals surface area (Å²) < 4.78 is 13.9. The van der Waals surface area contributed by atoms with Crippen molar-refractivity contribution in [2.24, 2.45) is 0 Å². The van der Waals surface area contributed by atoms with Crippen LogP contribution in [0.3, 0.4) is 0 Å². The molecule has 0 aliphatic rings. The van der Waals surface area contributed by atoms with Crippen molar-refractivity contribution in [2.45, 2.75) is 13.0 Å². The number of benzene rings is 1. The van der Waals surface area contributed by atoms with E-state index < -0.39 is 5.95 Å². The van der Waals surface area contributed by atoms with E-state index in [9.17, 15) is 4.39 Å². The van der Waals surface area contributed by atoms with Gasteiger partial charge < -0.3 is 5.32 Å². The summed E-state index contributed by atoms with van der Waals surface area (Å²) in [4.78, 5) is 3.76. The van der Waals surface area contributed by atoms with E-state index in [1.807, 2.05) is 25.1 Å². The lowest BCUT2D eigenvalue weighted by Gasteiger charge is -2.16. The lowest BCUT2D eigenvalue weighted by Crippen LogP contribution is -2.08. The molecule has 1 atom stereocenters. The number of hydrogen-bond donors (Lipinski definition) is 1. The number of pyridine rings is 1. The molecule has 0 radical (unpaired) electrons. The molecule has 0 saturated heterocycles. The van der Waals surface area contributed by atoms with Crippen molar-refractivity contribution in [3.8, 4) is 0 Å². The third-order valence-corrected chi connectivity index (χ3v) is 3.33. The first kappa shape index (κ1) is 13.3. The Morgan fingerprint density at radius 3 is 2.78 bits per heavy atom. The topological polar surface area (TPSA) is 24.9 Å². The standard InChI is InChI=1S/C13H11BrClFN2/c1-8(10-6-5-9(14)7-11(10)15)17-13-4-2-3-12(16)18-13/h2-8H,1H3,(H,17,18). The van der Waals surface area contributed by atoms with Crippen molar-refractivity contribution in [2.75, 3.05) is 5.32 Å². The maximum absolute atomic E-state index is 13.0. The monoisotopic (exact) mass is 328 g/mol. The Morgan fingerprint density at radius 2 is 2.11 bits per heavy atom. The highest BCUT2D eigenvalue weighted by Crippen LogP contribution is 2.28. The van der Waals surface area contributed by atoms with E-state index in [1.165, 1.54) is 6.07 Å². The summed E-state index contributed by atoms with van der Waals surface area (Å²) in [5, 5.41) is 3.76. The quantitative estimate of drug-likeness (QED) is 0.817. The number of anilines is 1. The molecule has 18 heavy (non-hydrogen) atoms. The van der Waals surface area contributed by atoms with Crippen LogP contribution in [-0.2, 0) is 0 Å². The number of nitrogens with zero attached hydrogens (tertiary/aromatic N) is 1. The summed E-state index contributed by atoms with van der Waals surface area (Å²) in [6, 6.07) is 10.2. The molecule has 2 rings (SSSR count). The SMILES string of the molecule is CC(Nc1cccc(F)n1)c1ccc(Br)cc1Cl. The van der Waals surface area contributed by atoms with E-state index in [0.717, 1.165) is 10.0 Å². The normalized spacial score (nSPS) is 12.2. The zero-order chi connectivity index (χ0) is 13.1. The fraction of sp³-hybridized carbons (Fsp3) is 0.154. The molecule has 1 aromatic carbocycles. The van der Waals surface area contributed by atoms with Gasteiger partial charge in [0.1, 0.15) is 5.82 Å². The van der Waals surface area contributed by atoms with Crippen LogP contribution in [0.1, 0.15) is 18.5 Å². The number of aromatic nitrogens is 1. The first-order chi connectivity index (χ1) is 8.56. The lowest BCUT2D eigenvalue weighted by atomic mass is 10.1. The van der Waals surface area contributed by atoms with Gasteiger partial charge in [0.05, 0.1) is 6.04 Å². The number of hydrogen-bond acceptors (Lipinski definition) is 2. The Balaban J connectivity index is 2.19. The van der Waals surface area contributed by atoms with Crippen molar-refractivity contribution in [3.63, 3.8) is 0 Å². The first-order valence-electron chi connectivity index (χ1n) is 5.40. The summed E-state index contributed by atoms with van der Waals surface area (Å²) in [7, 11) is 0. The van der Waals surface area contributed by atoms with Crippen LogP contribution in [0.4, 0.5) is 10.2 Å². The van der Waals surface area contributed by atoms with Gasteiger partial charge in [-0.15, -0.1) is 0 Å². The van der Waals surface area contributed by atoms with Gasteiger partial charge in [0.25, 0.3) is 0 Å². The second-order valence-corrected chi connectivity index (χ2v) is 5.20. The van der Waals surface area contributed by atoms with Crippen molar-refractivity contribution in [1.29, 1.82) is 0 Å². The average molecular weight is 330 g/mol. The zero-order valence-corrected chi connectivity index (χ0v) is 12.0. The van der Waals surface area contributed by atoms with Crippen LogP contribution < -0.4 is 5.32 Å². The van der Waals surface area contributed by atoms with Gasteiger partial charge in [0, 0.05) is 9.50 Å². The predicted molar refractivity (Wildman–Crippen MR) is 75.4 cm³/mol. The van der Waals surface area contributed by atoms with Crippen LogP contribution in [0.2, 0.25) is 5.02 Å². The van der Waals surface area contributed by atoms with Crippen molar-refractivity contribution in [1.82, 2.24) is 4.98 Å². The minimum Gasteiger partial charge on any atom is -0.363 e. The lowest BCUT2D eigenvalue weighted by molar-refractivity contribution is 0.584. The van der Waals surface area contributed by atoms with Crippen LogP contribution in [0.25, 0.3) is 0 Å². The molecule has 0 aliphatic heterocycles. The molecule has 0 fully saturated rings. The second kappa shape index (κ2) is 5.67. The Morgan fingerprint density at radius 1 is 1.33 bits per heavy atom. The molecule has 1 heterocycles. The maximum Gasteiger partial charge on any atom is 0.214 e. The van der Waals surface area contributed by atoms with Gasteiger partial charge in [-0.1, -0.05) is 39.7 Å². The van der Waals surface area contributed by atoms with Gasteiger partial charge in [-0.25, -0.2) is 4.98 Å². The molecule has 0 aliphatic carbocycles. The first-order valence-corrected chi connectivity index (χ1v) is 6.57. The minimum atomic E-state index is -0.505. The van der Waals surface area contributed by atoms with Gasteiger partial charge in [-0.2, -0.15) is 4.39 Å². The fourth-order valence-corrected chi connectivity index (χ4v) is 2.48. The smallest absolute Gasteiger partial charge is 0.214 e. The molecule has 1 N–H and O–H groups in total. The molecule has 2 nitrogen and oxygen atoms in total. The number of nitrogens with one attached hydrogen (secondary N) is 1. The Labute approximate surface area is 118 Å². The van der Waals surface area contributed by atoms with Crippen LogP contribution in [0, 0.1) is 5.95 Å². The van der Waals surface area contributed by atoms with Crippen LogP contribution in [-0.4, -0.2) is 4.98 Å². The van der Waals surface area contributed by atoms with Crippen LogP contribution >= 0.6 is 27.5 Å². The molecule has 0 amide bonds. The van der Waals surface area contributed by atoms with Crippen molar-refractivity contribution < 1.29 is 4.39 Å². The average Bonchev–Trinajstić information content (AvgIpc) is 2.28. The summed E-state index contributed by atoms with van der Waals surface area (Å²) in [6.07, 6.45) is 0. The molecular weight excluding hydrogens is 319 g/mol. The Hall–Kier alpha value is -1.13. The highest BCUT2D eigenvalue weighted by Gasteiger charge is 2.10. The Bertz CT molecular complexity index is 562. The van der Waals surface area contributed by atoms with Gasteiger partial charge in [0.15, 0.2) is 0 Å². The van der Waals surface area contributed by atoms with E-state index in [2.05, 4.69) is 26.2 Å². The van der Waals surface area contributed by atoms with E-state index in [-0.39, 0.29) is 6.04 Å².